The van der Waals surface area contributed by atoms with Crippen molar-refractivity contribution in [2.45, 2.75) is 45.1 Å². The van der Waals surface area contributed by atoms with Gasteiger partial charge >= 0.3 is 0 Å². The average Bonchev–Trinajstić information content (AvgIpc) is 2.07. The van der Waals surface area contributed by atoms with Gasteiger partial charge in [-0.25, -0.2) is 13.5 Å². The van der Waals surface area contributed by atoms with E-state index in [4.69, 9.17) is 0 Å². The topological polar surface area (TPSA) is 66.1 Å². The normalized spacial score (nSPS) is 33.7. The molecule has 3 atom stereocenters. The van der Waals surface area contributed by atoms with Crippen LogP contribution in [0.1, 0.15) is 27.7 Å². The lowest BCUT2D eigenvalue weighted by atomic mass is 9.85. The van der Waals surface area contributed by atoms with Crippen LogP contribution in [0.4, 0.5) is 0 Å². The Balaban J connectivity index is 2.76. The third-order valence-corrected chi connectivity index (χ3v) is 5.13. The smallest absolute Gasteiger partial charge is 0.155 e. The number of hydrogen-bond donors (Lipinski definition) is 1. The molecule has 3 unspecified atom stereocenters. The molecule has 0 bridgehead atoms. The first-order valence-electron chi connectivity index (χ1n) is 5.25. The van der Waals surface area contributed by atoms with E-state index in [0.717, 1.165) is 0 Å². The minimum atomic E-state index is -3.08. The minimum absolute atomic E-state index is 0.0282. The van der Waals surface area contributed by atoms with Crippen LogP contribution in [0.2, 0.25) is 0 Å². The molecule has 0 aromatic carbocycles. The molecule has 1 N–H and O–H groups in total. The molecule has 1 heterocycles. The van der Waals surface area contributed by atoms with E-state index in [2.05, 4.69) is 5.32 Å². The van der Waals surface area contributed by atoms with Crippen LogP contribution < -0.4 is 5.32 Å². The summed E-state index contributed by atoms with van der Waals surface area (Å²) in [5.41, 5.74) is -0.409. The van der Waals surface area contributed by atoms with Gasteiger partial charge in [-0.3, -0.25) is 0 Å². The molecule has 1 saturated heterocycles. The molecule has 15 heavy (non-hydrogen) atoms. The summed E-state index contributed by atoms with van der Waals surface area (Å²) in [6.45, 7) is 7.60. The fraction of sp³-hybridized carbons (Fsp3) is 1.00. The molecule has 0 saturated carbocycles. The average molecular weight is 234 g/mol. The zero-order valence-corrected chi connectivity index (χ0v) is 10.6. The highest BCUT2D eigenvalue weighted by atomic mass is 32.2. The maximum atomic E-state index is 12.0. The highest BCUT2D eigenvalue weighted by Crippen LogP contribution is 2.25. The van der Waals surface area contributed by atoms with E-state index < -0.39 is 27.4 Å². The molecule has 1 radical (unpaired) electrons. The van der Waals surface area contributed by atoms with Gasteiger partial charge in [-0.05, 0) is 12.3 Å². The molecule has 1 aliphatic heterocycles. The van der Waals surface area contributed by atoms with Crippen molar-refractivity contribution in [2.24, 2.45) is 5.41 Å². The molecule has 0 aliphatic carbocycles. The number of hydrogen-bond acceptors (Lipinski definition) is 3. The molecule has 5 heteroatoms. The predicted octanol–water partition coefficient (Wildman–Crippen LogP) is 0.607. The van der Waals surface area contributed by atoms with E-state index in [-0.39, 0.29) is 11.0 Å². The van der Waals surface area contributed by atoms with Crippen molar-refractivity contribution in [1.82, 2.24) is 5.32 Å². The second-order valence-electron chi connectivity index (χ2n) is 5.44. The van der Waals surface area contributed by atoms with E-state index >= 15 is 0 Å². The van der Waals surface area contributed by atoms with Crippen molar-refractivity contribution in [3.05, 3.63) is 0 Å². The Morgan fingerprint density at radius 2 is 1.87 bits per heavy atom. The lowest BCUT2D eigenvalue weighted by Crippen LogP contribution is -2.57. The highest BCUT2D eigenvalue weighted by Gasteiger charge is 2.39. The standard InChI is InChI=1S/C10H20NO3S/c1-7-5-11-8(6-15(7,13)14)9(12)10(2,3)4/h7-9,11H,5-6H2,1-4H3. The summed E-state index contributed by atoms with van der Waals surface area (Å²) in [7, 11) is -3.08. The fourth-order valence-corrected chi connectivity index (χ4v) is 3.19. The van der Waals surface area contributed by atoms with E-state index in [1.54, 1.807) is 6.92 Å². The summed E-state index contributed by atoms with van der Waals surface area (Å²) in [6.07, 6.45) is -0.889. The van der Waals surface area contributed by atoms with Gasteiger partial charge in [0.05, 0.1) is 17.0 Å². The fourth-order valence-electron chi connectivity index (χ4n) is 1.72. The summed E-state index contributed by atoms with van der Waals surface area (Å²) in [4.78, 5) is 0. The van der Waals surface area contributed by atoms with Crippen molar-refractivity contribution < 1.29 is 13.5 Å². The maximum Gasteiger partial charge on any atom is 0.155 e. The van der Waals surface area contributed by atoms with E-state index in [1.807, 2.05) is 20.8 Å². The molecule has 0 amide bonds. The highest BCUT2D eigenvalue weighted by molar-refractivity contribution is 7.92. The number of rotatable bonds is 1. The van der Waals surface area contributed by atoms with Crippen molar-refractivity contribution in [3.8, 4) is 0 Å². The number of sulfone groups is 1. The van der Waals surface area contributed by atoms with Gasteiger partial charge in [-0.15, -0.1) is 0 Å². The van der Waals surface area contributed by atoms with Gasteiger partial charge in [0.1, 0.15) is 6.10 Å². The predicted molar refractivity (Wildman–Crippen MR) is 59.0 cm³/mol. The maximum absolute atomic E-state index is 12.0. The van der Waals surface area contributed by atoms with Gasteiger partial charge in [0.2, 0.25) is 0 Å². The van der Waals surface area contributed by atoms with Crippen molar-refractivity contribution in [3.63, 3.8) is 0 Å². The quantitative estimate of drug-likeness (QED) is 0.723. The first kappa shape index (κ1) is 12.9. The summed E-state index contributed by atoms with van der Waals surface area (Å²) in [6, 6.07) is -0.453. The Labute approximate surface area is 92.0 Å². The summed E-state index contributed by atoms with van der Waals surface area (Å²) >= 11 is 0. The Hall–Kier alpha value is -0.130. The molecule has 4 nitrogen and oxygen atoms in total. The van der Waals surface area contributed by atoms with Crippen LogP contribution in [-0.4, -0.2) is 38.1 Å². The molecule has 0 aromatic heterocycles. The van der Waals surface area contributed by atoms with Crippen LogP contribution in [0.25, 0.3) is 0 Å². The monoisotopic (exact) mass is 234 g/mol. The third-order valence-electron chi connectivity index (χ3n) is 2.91. The van der Waals surface area contributed by atoms with Crippen molar-refractivity contribution in [2.75, 3.05) is 12.3 Å². The van der Waals surface area contributed by atoms with Gasteiger partial charge < -0.3 is 5.32 Å². The van der Waals surface area contributed by atoms with E-state index in [9.17, 15) is 13.5 Å². The zero-order chi connectivity index (χ0) is 11.9. The van der Waals surface area contributed by atoms with Crippen LogP contribution in [0.5, 0.6) is 0 Å². The van der Waals surface area contributed by atoms with Crippen molar-refractivity contribution in [1.29, 1.82) is 0 Å². The first-order chi connectivity index (χ1) is 6.64. The lowest BCUT2D eigenvalue weighted by molar-refractivity contribution is -0.0229. The second-order valence-corrected chi connectivity index (χ2v) is 7.91. The van der Waals surface area contributed by atoms with Gasteiger partial charge in [-0.2, -0.15) is 0 Å². The Bertz CT molecular complexity index is 318. The van der Waals surface area contributed by atoms with Crippen molar-refractivity contribution >= 4 is 9.84 Å². The molecule has 0 aromatic rings. The minimum Gasteiger partial charge on any atom is -0.309 e. The Morgan fingerprint density at radius 3 is 2.27 bits per heavy atom. The van der Waals surface area contributed by atoms with E-state index in [1.165, 1.54) is 0 Å². The third kappa shape index (κ3) is 2.92. The lowest BCUT2D eigenvalue weighted by Gasteiger charge is -2.35. The molecule has 1 fully saturated rings. The largest absolute Gasteiger partial charge is 0.309 e. The molecule has 89 valence electrons. The number of nitrogens with one attached hydrogen (secondary N) is 1. The molecular weight excluding hydrogens is 214 g/mol. The molecule has 1 rings (SSSR count). The molecule has 0 spiro atoms. The second kappa shape index (κ2) is 4.03. The Morgan fingerprint density at radius 1 is 1.33 bits per heavy atom. The Kier molecular flexibility index (Phi) is 3.48. The molecule has 1 aliphatic rings. The van der Waals surface area contributed by atoms with Crippen LogP contribution in [-0.2, 0) is 14.9 Å². The zero-order valence-electron chi connectivity index (χ0n) is 9.78. The summed E-state index contributed by atoms with van der Waals surface area (Å²) in [5.74, 6) is -0.0282. The van der Waals surface area contributed by atoms with Gasteiger partial charge in [0.25, 0.3) is 0 Å². The molecular formula is C10H20NO3S. The van der Waals surface area contributed by atoms with Crippen LogP contribution >= 0.6 is 0 Å². The summed E-state index contributed by atoms with van der Waals surface area (Å²) in [5, 5.41) is 14.6. The SMILES string of the molecule is CC1CNC(C([O])C(C)(C)C)CS1(=O)=O. The first-order valence-corrected chi connectivity index (χ1v) is 6.97. The van der Waals surface area contributed by atoms with Gasteiger partial charge in [-0.1, -0.05) is 20.8 Å². The van der Waals surface area contributed by atoms with Crippen LogP contribution in [0.3, 0.4) is 0 Å². The van der Waals surface area contributed by atoms with Gasteiger partial charge in [0, 0.05) is 6.54 Å². The van der Waals surface area contributed by atoms with Crippen LogP contribution in [0, 0.1) is 5.41 Å². The summed E-state index contributed by atoms with van der Waals surface area (Å²) < 4.78 is 23.3. The van der Waals surface area contributed by atoms with Crippen LogP contribution in [0.15, 0.2) is 0 Å². The van der Waals surface area contributed by atoms with Gasteiger partial charge in [0.15, 0.2) is 9.84 Å². The van der Waals surface area contributed by atoms with E-state index in [0.29, 0.717) is 6.54 Å².